The van der Waals surface area contributed by atoms with E-state index in [-0.39, 0.29) is 16.8 Å². The molecule has 0 saturated carbocycles. The highest BCUT2D eigenvalue weighted by Gasteiger charge is 2.22. The molecule has 1 aromatic rings. The van der Waals surface area contributed by atoms with Gasteiger partial charge in [-0.05, 0) is 20.8 Å². The molecular formula is C9H14N2O3. The smallest absolute Gasteiger partial charge is 0.356 e. The standard InChI is InChI=1S/C9H14N2O3/c1-9(2,3)11-6(8(13)14-4)5-7(12)10-11/h5H,1-4H3,(H,10,12). The van der Waals surface area contributed by atoms with Crippen molar-refractivity contribution in [3.63, 3.8) is 0 Å². The van der Waals surface area contributed by atoms with Gasteiger partial charge in [0.15, 0.2) is 0 Å². The summed E-state index contributed by atoms with van der Waals surface area (Å²) in [6, 6.07) is 1.23. The Bertz CT molecular complexity index is 395. The monoisotopic (exact) mass is 198 g/mol. The number of carbonyl (C=O) groups is 1. The van der Waals surface area contributed by atoms with E-state index in [0.29, 0.717) is 0 Å². The molecular weight excluding hydrogens is 184 g/mol. The lowest BCUT2D eigenvalue weighted by molar-refractivity contribution is 0.0578. The molecule has 1 heterocycles. The molecule has 0 atom stereocenters. The number of nitrogens with one attached hydrogen (secondary N) is 1. The first-order chi connectivity index (χ1) is 6.36. The van der Waals surface area contributed by atoms with E-state index in [4.69, 9.17) is 0 Å². The van der Waals surface area contributed by atoms with Gasteiger partial charge < -0.3 is 4.74 Å². The molecule has 1 aromatic heterocycles. The highest BCUT2D eigenvalue weighted by molar-refractivity contribution is 5.87. The van der Waals surface area contributed by atoms with Crippen molar-refractivity contribution in [1.29, 1.82) is 0 Å². The Kier molecular flexibility index (Phi) is 2.51. The van der Waals surface area contributed by atoms with Crippen molar-refractivity contribution < 1.29 is 9.53 Å². The van der Waals surface area contributed by atoms with Gasteiger partial charge in [-0.25, -0.2) is 4.79 Å². The fourth-order valence-corrected chi connectivity index (χ4v) is 1.18. The third-order valence-electron chi connectivity index (χ3n) is 1.80. The zero-order valence-electron chi connectivity index (χ0n) is 8.75. The van der Waals surface area contributed by atoms with Crippen molar-refractivity contribution in [2.45, 2.75) is 26.3 Å². The third-order valence-corrected chi connectivity index (χ3v) is 1.80. The first-order valence-electron chi connectivity index (χ1n) is 4.27. The SMILES string of the molecule is COC(=O)c1cc(=O)[nH]n1C(C)(C)C. The Hall–Kier alpha value is -1.52. The van der Waals surface area contributed by atoms with E-state index in [1.807, 2.05) is 20.8 Å². The summed E-state index contributed by atoms with van der Waals surface area (Å²) in [4.78, 5) is 22.4. The maximum Gasteiger partial charge on any atom is 0.356 e. The van der Waals surface area contributed by atoms with E-state index in [1.165, 1.54) is 17.9 Å². The predicted octanol–water partition coefficient (Wildman–Crippen LogP) is 0.718. The lowest BCUT2D eigenvalue weighted by Crippen LogP contribution is -2.28. The quantitative estimate of drug-likeness (QED) is 0.676. The molecule has 0 aliphatic heterocycles. The van der Waals surface area contributed by atoms with E-state index < -0.39 is 5.97 Å². The molecule has 0 aliphatic carbocycles. The van der Waals surface area contributed by atoms with Crippen LogP contribution in [0, 0.1) is 0 Å². The zero-order valence-corrected chi connectivity index (χ0v) is 8.75. The lowest BCUT2D eigenvalue weighted by Gasteiger charge is -2.22. The van der Waals surface area contributed by atoms with Gasteiger partial charge in [0.1, 0.15) is 5.69 Å². The van der Waals surface area contributed by atoms with E-state index in [9.17, 15) is 9.59 Å². The average molecular weight is 198 g/mol. The van der Waals surface area contributed by atoms with E-state index in [2.05, 4.69) is 9.84 Å². The van der Waals surface area contributed by atoms with Gasteiger partial charge in [0.05, 0.1) is 12.6 Å². The number of aromatic amines is 1. The van der Waals surface area contributed by atoms with Crippen molar-refractivity contribution in [2.75, 3.05) is 7.11 Å². The fraction of sp³-hybridized carbons (Fsp3) is 0.556. The summed E-state index contributed by atoms with van der Waals surface area (Å²) >= 11 is 0. The van der Waals surface area contributed by atoms with Crippen LogP contribution in [-0.2, 0) is 10.3 Å². The number of methoxy groups -OCH3 is 1. The summed E-state index contributed by atoms with van der Waals surface area (Å²) in [6.07, 6.45) is 0. The molecule has 0 unspecified atom stereocenters. The van der Waals surface area contributed by atoms with Crippen LogP contribution in [0.15, 0.2) is 10.9 Å². The van der Waals surface area contributed by atoms with Gasteiger partial charge in [-0.1, -0.05) is 0 Å². The molecule has 78 valence electrons. The minimum atomic E-state index is -0.515. The Morgan fingerprint density at radius 3 is 2.50 bits per heavy atom. The number of rotatable bonds is 1. The average Bonchev–Trinajstić information content (AvgIpc) is 2.45. The van der Waals surface area contributed by atoms with Crippen LogP contribution in [0.4, 0.5) is 0 Å². The first-order valence-corrected chi connectivity index (χ1v) is 4.27. The number of hydrogen-bond acceptors (Lipinski definition) is 3. The third kappa shape index (κ3) is 1.86. The zero-order chi connectivity index (χ0) is 10.9. The summed E-state index contributed by atoms with van der Waals surface area (Å²) in [5.41, 5.74) is -0.419. The largest absolute Gasteiger partial charge is 0.464 e. The predicted molar refractivity (Wildman–Crippen MR) is 51.4 cm³/mol. The molecule has 0 aromatic carbocycles. The van der Waals surface area contributed by atoms with Crippen LogP contribution in [0.25, 0.3) is 0 Å². The summed E-state index contributed by atoms with van der Waals surface area (Å²) < 4.78 is 6.07. The van der Waals surface area contributed by atoms with Gasteiger partial charge >= 0.3 is 5.97 Å². The molecule has 0 aliphatic rings. The van der Waals surface area contributed by atoms with Gasteiger partial charge in [0.2, 0.25) is 0 Å². The van der Waals surface area contributed by atoms with Crippen LogP contribution < -0.4 is 5.56 Å². The molecule has 0 amide bonds. The van der Waals surface area contributed by atoms with Gasteiger partial charge in [0, 0.05) is 6.07 Å². The van der Waals surface area contributed by atoms with Gasteiger partial charge in [-0.15, -0.1) is 0 Å². The molecule has 1 N–H and O–H groups in total. The molecule has 1 rings (SSSR count). The summed E-state index contributed by atoms with van der Waals surface area (Å²) in [5.74, 6) is -0.515. The number of nitrogens with zero attached hydrogens (tertiary/aromatic N) is 1. The number of carbonyl (C=O) groups excluding carboxylic acids is 1. The first kappa shape index (κ1) is 10.6. The number of esters is 1. The Morgan fingerprint density at radius 2 is 2.07 bits per heavy atom. The molecule has 0 spiro atoms. The van der Waals surface area contributed by atoms with E-state index >= 15 is 0 Å². The Morgan fingerprint density at radius 1 is 1.50 bits per heavy atom. The summed E-state index contributed by atoms with van der Waals surface area (Å²) in [7, 11) is 1.28. The molecule has 5 nitrogen and oxygen atoms in total. The summed E-state index contributed by atoms with van der Waals surface area (Å²) in [5, 5.41) is 2.56. The van der Waals surface area contributed by atoms with Crippen molar-refractivity contribution >= 4 is 5.97 Å². The molecule has 0 bridgehead atoms. The topological polar surface area (TPSA) is 64.1 Å². The highest BCUT2D eigenvalue weighted by Crippen LogP contribution is 2.14. The van der Waals surface area contributed by atoms with Crippen molar-refractivity contribution in [3.05, 3.63) is 22.1 Å². The van der Waals surface area contributed by atoms with Crippen molar-refractivity contribution in [2.24, 2.45) is 0 Å². The van der Waals surface area contributed by atoms with Gasteiger partial charge in [-0.2, -0.15) is 0 Å². The molecule has 14 heavy (non-hydrogen) atoms. The molecule has 0 radical (unpaired) electrons. The fourth-order valence-electron chi connectivity index (χ4n) is 1.18. The maximum atomic E-state index is 11.3. The van der Waals surface area contributed by atoms with Crippen molar-refractivity contribution in [3.8, 4) is 0 Å². The molecule has 0 saturated heterocycles. The van der Waals surface area contributed by atoms with Gasteiger partial charge in [-0.3, -0.25) is 14.6 Å². The van der Waals surface area contributed by atoms with Crippen LogP contribution in [-0.4, -0.2) is 22.9 Å². The maximum absolute atomic E-state index is 11.3. The Balaban J connectivity index is 3.30. The minimum absolute atomic E-state index is 0.241. The summed E-state index contributed by atoms with van der Waals surface area (Å²) in [6.45, 7) is 5.65. The highest BCUT2D eigenvalue weighted by atomic mass is 16.5. The molecule has 0 fully saturated rings. The van der Waals surface area contributed by atoms with Crippen LogP contribution in [0.1, 0.15) is 31.3 Å². The van der Waals surface area contributed by atoms with Crippen LogP contribution in [0.5, 0.6) is 0 Å². The van der Waals surface area contributed by atoms with Gasteiger partial charge in [0.25, 0.3) is 5.56 Å². The second-order valence-electron chi connectivity index (χ2n) is 4.00. The van der Waals surface area contributed by atoms with Crippen LogP contribution >= 0.6 is 0 Å². The number of aromatic nitrogens is 2. The van der Waals surface area contributed by atoms with Crippen LogP contribution in [0.3, 0.4) is 0 Å². The number of H-pyrrole nitrogens is 1. The lowest BCUT2D eigenvalue weighted by atomic mass is 10.1. The second kappa shape index (κ2) is 3.32. The number of hydrogen-bond donors (Lipinski definition) is 1. The van der Waals surface area contributed by atoms with E-state index in [0.717, 1.165) is 0 Å². The van der Waals surface area contributed by atoms with Crippen LogP contribution in [0.2, 0.25) is 0 Å². The van der Waals surface area contributed by atoms with E-state index in [1.54, 1.807) is 0 Å². The minimum Gasteiger partial charge on any atom is -0.464 e. The normalized spacial score (nSPS) is 11.4. The van der Waals surface area contributed by atoms with Crippen molar-refractivity contribution in [1.82, 2.24) is 9.78 Å². The second-order valence-corrected chi connectivity index (χ2v) is 4.00. The molecule has 5 heteroatoms. The number of ether oxygens (including phenoxy) is 1. The Labute approximate surface area is 81.7 Å².